The molecule has 104 valence electrons. The van der Waals surface area contributed by atoms with Crippen LogP contribution in [0.4, 0.5) is 0 Å². The lowest BCUT2D eigenvalue weighted by Crippen LogP contribution is -2.39. The summed E-state index contributed by atoms with van der Waals surface area (Å²) in [6.45, 7) is 0.960. The van der Waals surface area contributed by atoms with E-state index in [1.54, 1.807) is 6.07 Å². The first-order valence-electron chi connectivity index (χ1n) is 6.93. The van der Waals surface area contributed by atoms with Crippen molar-refractivity contribution < 1.29 is 9.90 Å². The standard InChI is InChI=1S/C15H22N2O2/c16-15(19)12-6-3-4-11(8-12)9-17-14-7-2-1-5-13(14)10-18/h3-4,6,8,13-14,17-18H,1-2,5,7,9-10H2,(H2,16,19). The Morgan fingerprint density at radius 3 is 2.89 bits per heavy atom. The number of primary amides is 1. The molecule has 0 heterocycles. The minimum Gasteiger partial charge on any atom is -0.396 e. The molecule has 1 amide bonds. The fraction of sp³-hybridized carbons (Fsp3) is 0.533. The number of hydrogen-bond donors (Lipinski definition) is 3. The molecule has 4 N–H and O–H groups in total. The Kier molecular flexibility index (Phi) is 4.93. The summed E-state index contributed by atoms with van der Waals surface area (Å²) >= 11 is 0. The molecule has 1 fully saturated rings. The van der Waals surface area contributed by atoms with Gasteiger partial charge in [-0.2, -0.15) is 0 Å². The van der Waals surface area contributed by atoms with Gasteiger partial charge >= 0.3 is 0 Å². The molecule has 0 aliphatic heterocycles. The number of amides is 1. The Morgan fingerprint density at radius 2 is 2.16 bits per heavy atom. The van der Waals surface area contributed by atoms with E-state index in [-0.39, 0.29) is 6.61 Å². The molecule has 4 heteroatoms. The van der Waals surface area contributed by atoms with Gasteiger partial charge in [-0.05, 0) is 36.5 Å². The zero-order valence-electron chi connectivity index (χ0n) is 11.1. The van der Waals surface area contributed by atoms with Crippen LogP contribution < -0.4 is 11.1 Å². The first kappa shape index (κ1) is 14.0. The van der Waals surface area contributed by atoms with E-state index in [4.69, 9.17) is 5.73 Å². The van der Waals surface area contributed by atoms with Crippen molar-refractivity contribution in [2.24, 2.45) is 11.7 Å². The molecule has 2 rings (SSSR count). The van der Waals surface area contributed by atoms with Gasteiger partial charge in [0.15, 0.2) is 0 Å². The summed E-state index contributed by atoms with van der Waals surface area (Å²) in [4.78, 5) is 11.1. The maximum absolute atomic E-state index is 11.1. The number of rotatable bonds is 5. The first-order valence-corrected chi connectivity index (χ1v) is 6.93. The zero-order valence-corrected chi connectivity index (χ0v) is 11.1. The second-order valence-electron chi connectivity index (χ2n) is 5.28. The van der Waals surface area contributed by atoms with Gasteiger partial charge in [0.05, 0.1) is 0 Å². The van der Waals surface area contributed by atoms with Crippen molar-refractivity contribution in [3.05, 3.63) is 35.4 Å². The van der Waals surface area contributed by atoms with Gasteiger partial charge in [0.25, 0.3) is 0 Å². The summed E-state index contributed by atoms with van der Waals surface area (Å²) in [6.07, 6.45) is 4.63. The van der Waals surface area contributed by atoms with Crippen LogP contribution in [-0.4, -0.2) is 23.7 Å². The van der Waals surface area contributed by atoms with Crippen LogP contribution in [0.2, 0.25) is 0 Å². The molecule has 0 aromatic heterocycles. The molecular formula is C15H22N2O2. The van der Waals surface area contributed by atoms with Crippen LogP contribution in [0.25, 0.3) is 0 Å². The lowest BCUT2D eigenvalue weighted by atomic mass is 9.85. The SMILES string of the molecule is NC(=O)c1cccc(CNC2CCCCC2CO)c1. The Labute approximate surface area is 114 Å². The summed E-state index contributed by atoms with van der Waals surface area (Å²) in [6, 6.07) is 7.75. The average Bonchev–Trinajstić information content (AvgIpc) is 2.45. The predicted molar refractivity (Wildman–Crippen MR) is 74.6 cm³/mol. The smallest absolute Gasteiger partial charge is 0.248 e. The van der Waals surface area contributed by atoms with Gasteiger partial charge in [-0.3, -0.25) is 4.79 Å². The van der Waals surface area contributed by atoms with Gasteiger partial charge in [0.1, 0.15) is 0 Å². The van der Waals surface area contributed by atoms with Crippen molar-refractivity contribution in [3.63, 3.8) is 0 Å². The molecule has 2 unspecified atom stereocenters. The molecule has 2 atom stereocenters. The highest BCUT2D eigenvalue weighted by Crippen LogP contribution is 2.24. The fourth-order valence-electron chi connectivity index (χ4n) is 2.78. The van der Waals surface area contributed by atoms with Gasteiger partial charge in [-0.15, -0.1) is 0 Å². The third kappa shape index (κ3) is 3.78. The summed E-state index contributed by atoms with van der Waals surface area (Å²) in [5, 5.41) is 12.9. The van der Waals surface area contributed by atoms with E-state index in [9.17, 15) is 9.90 Å². The molecule has 1 saturated carbocycles. The third-order valence-corrected chi connectivity index (χ3v) is 3.92. The number of hydrogen-bond acceptors (Lipinski definition) is 3. The van der Waals surface area contributed by atoms with Crippen LogP contribution in [-0.2, 0) is 6.54 Å². The van der Waals surface area contributed by atoms with Crippen molar-refractivity contribution in [2.75, 3.05) is 6.61 Å². The molecule has 0 bridgehead atoms. The monoisotopic (exact) mass is 262 g/mol. The van der Waals surface area contributed by atoms with Crippen LogP contribution in [0.3, 0.4) is 0 Å². The Balaban J connectivity index is 1.94. The second kappa shape index (κ2) is 6.68. The van der Waals surface area contributed by atoms with E-state index in [0.29, 0.717) is 24.1 Å². The van der Waals surface area contributed by atoms with Crippen molar-refractivity contribution in [2.45, 2.75) is 38.3 Å². The highest BCUT2D eigenvalue weighted by molar-refractivity contribution is 5.92. The van der Waals surface area contributed by atoms with Gasteiger partial charge in [-0.25, -0.2) is 0 Å². The molecule has 0 spiro atoms. The number of aliphatic hydroxyl groups excluding tert-OH is 1. The van der Waals surface area contributed by atoms with Crippen LogP contribution in [0.1, 0.15) is 41.6 Å². The van der Waals surface area contributed by atoms with E-state index in [1.165, 1.54) is 12.8 Å². The summed E-state index contributed by atoms with van der Waals surface area (Å²) in [5.41, 5.74) is 6.87. The number of nitrogens with one attached hydrogen (secondary N) is 1. The molecule has 1 aliphatic carbocycles. The van der Waals surface area contributed by atoms with Crippen LogP contribution in [0.15, 0.2) is 24.3 Å². The Morgan fingerprint density at radius 1 is 1.37 bits per heavy atom. The van der Waals surface area contributed by atoms with Gasteiger partial charge < -0.3 is 16.2 Å². The summed E-state index contributed by atoms with van der Waals surface area (Å²) in [5.74, 6) is -0.0409. The maximum atomic E-state index is 11.1. The number of carbonyl (C=O) groups excluding carboxylic acids is 1. The summed E-state index contributed by atoms with van der Waals surface area (Å²) in [7, 11) is 0. The highest BCUT2D eigenvalue weighted by Gasteiger charge is 2.23. The van der Waals surface area contributed by atoms with E-state index in [2.05, 4.69) is 5.32 Å². The van der Waals surface area contributed by atoms with Crippen molar-refractivity contribution >= 4 is 5.91 Å². The summed E-state index contributed by atoms with van der Waals surface area (Å²) < 4.78 is 0. The fourth-order valence-corrected chi connectivity index (χ4v) is 2.78. The number of nitrogens with two attached hydrogens (primary N) is 1. The average molecular weight is 262 g/mol. The highest BCUT2D eigenvalue weighted by atomic mass is 16.3. The largest absolute Gasteiger partial charge is 0.396 e. The van der Waals surface area contributed by atoms with Crippen molar-refractivity contribution in [1.82, 2.24) is 5.32 Å². The van der Waals surface area contributed by atoms with Crippen molar-refractivity contribution in [1.29, 1.82) is 0 Å². The van der Waals surface area contributed by atoms with Crippen molar-refractivity contribution in [3.8, 4) is 0 Å². The van der Waals surface area contributed by atoms with Gasteiger partial charge in [-0.1, -0.05) is 25.0 Å². The molecular weight excluding hydrogens is 240 g/mol. The predicted octanol–water partition coefficient (Wildman–Crippen LogP) is 1.43. The molecule has 1 aromatic rings. The zero-order chi connectivity index (χ0) is 13.7. The van der Waals surface area contributed by atoms with Crippen LogP contribution >= 0.6 is 0 Å². The lowest BCUT2D eigenvalue weighted by molar-refractivity contribution is 0.1000. The molecule has 1 aromatic carbocycles. The minimum absolute atomic E-state index is 0.249. The van der Waals surface area contributed by atoms with E-state index in [1.807, 2.05) is 18.2 Å². The molecule has 0 saturated heterocycles. The maximum Gasteiger partial charge on any atom is 0.248 e. The van der Waals surface area contributed by atoms with E-state index >= 15 is 0 Å². The third-order valence-electron chi connectivity index (χ3n) is 3.92. The first-order chi connectivity index (χ1) is 9.20. The minimum atomic E-state index is -0.396. The lowest BCUT2D eigenvalue weighted by Gasteiger charge is -2.31. The Hall–Kier alpha value is -1.39. The molecule has 19 heavy (non-hydrogen) atoms. The van der Waals surface area contributed by atoms with Crippen LogP contribution in [0, 0.1) is 5.92 Å². The van der Waals surface area contributed by atoms with Gasteiger partial charge in [0.2, 0.25) is 5.91 Å². The van der Waals surface area contributed by atoms with E-state index < -0.39 is 5.91 Å². The normalized spacial score (nSPS) is 23.2. The Bertz CT molecular complexity index is 434. The second-order valence-corrected chi connectivity index (χ2v) is 5.28. The topological polar surface area (TPSA) is 75.4 Å². The molecule has 4 nitrogen and oxygen atoms in total. The molecule has 0 radical (unpaired) electrons. The van der Waals surface area contributed by atoms with Crippen LogP contribution in [0.5, 0.6) is 0 Å². The number of carbonyl (C=O) groups is 1. The molecule has 1 aliphatic rings. The number of benzene rings is 1. The number of aliphatic hydroxyl groups is 1. The van der Waals surface area contributed by atoms with E-state index in [0.717, 1.165) is 18.4 Å². The van der Waals surface area contributed by atoms with Gasteiger partial charge in [0, 0.05) is 24.8 Å². The quantitative estimate of drug-likeness (QED) is 0.751.